The van der Waals surface area contributed by atoms with E-state index in [-0.39, 0.29) is 29.2 Å². The van der Waals surface area contributed by atoms with Crippen LogP contribution < -0.4 is 4.74 Å². The Hall–Kier alpha value is -3.05. The maximum absolute atomic E-state index is 15.0. The molecule has 35 heavy (non-hydrogen) atoms. The van der Waals surface area contributed by atoms with Crippen LogP contribution in [0.15, 0.2) is 66.7 Å². The Morgan fingerprint density at radius 1 is 0.914 bits per heavy atom. The van der Waals surface area contributed by atoms with E-state index >= 15 is 0 Å². The molecule has 0 aromatic heterocycles. The van der Waals surface area contributed by atoms with Crippen molar-refractivity contribution in [3.8, 4) is 28.0 Å². The van der Waals surface area contributed by atoms with Crippen LogP contribution in [0.25, 0.3) is 22.3 Å². The second-order valence-electron chi connectivity index (χ2n) is 8.93. The predicted molar refractivity (Wildman–Crippen MR) is 134 cm³/mol. The van der Waals surface area contributed by atoms with Gasteiger partial charge in [0.2, 0.25) is 5.82 Å². The highest BCUT2D eigenvalue weighted by Gasteiger charge is 2.24. The molecule has 4 rings (SSSR count). The lowest BCUT2D eigenvalue weighted by molar-refractivity contribution is 0.0319. The summed E-state index contributed by atoms with van der Waals surface area (Å²) < 4.78 is 55.3. The normalized spacial score (nSPS) is 18.2. The largest absolute Gasteiger partial charge is 0.490 e. The first kappa shape index (κ1) is 25.1. The van der Waals surface area contributed by atoms with Gasteiger partial charge in [0.25, 0.3) is 0 Å². The number of benzene rings is 3. The lowest BCUT2D eigenvalue weighted by Gasteiger charge is -2.28. The molecule has 0 amide bonds. The van der Waals surface area contributed by atoms with Crippen molar-refractivity contribution in [1.82, 2.24) is 0 Å². The maximum Gasteiger partial charge on any atom is 0.201 e. The Morgan fingerprint density at radius 3 is 2.31 bits per heavy atom. The van der Waals surface area contributed by atoms with Crippen LogP contribution in [-0.4, -0.2) is 19.3 Å². The van der Waals surface area contributed by atoms with Crippen LogP contribution >= 0.6 is 0 Å². The van der Waals surface area contributed by atoms with E-state index in [9.17, 15) is 13.2 Å². The molecule has 5 heteroatoms. The lowest BCUT2D eigenvalue weighted by atomic mass is 9.89. The number of hydrogen-bond donors (Lipinski definition) is 0. The van der Waals surface area contributed by atoms with Crippen molar-refractivity contribution in [3.05, 3.63) is 89.8 Å². The molecule has 1 fully saturated rings. The summed E-state index contributed by atoms with van der Waals surface area (Å²) in [7, 11) is 0. The summed E-state index contributed by atoms with van der Waals surface area (Å²) in [6.45, 7) is 4.82. The molecule has 184 valence electrons. The summed E-state index contributed by atoms with van der Waals surface area (Å²) in [5, 5.41) is 0. The van der Waals surface area contributed by atoms with E-state index < -0.39 is 11.6 Å². The fraction of sp³-hybridized carbons (Fsp3) is 0.333. The third-order valence-corrected chi connectivity index (χ3v) is 6.49. The first-order chi connectivity index (χ1) is 17.0. The zero-order chi connectivity index (χ0) is 24.8. The average molecular weight is 481 g/mol. The van der Waals surface area contributed by atoms with Crippen LogP contribution in [0.5, 0.6) is 5.75 Å². The third-order valence-electron chi connectivity index (χ3n) is 6.49. The Morgan fingerprint density at radius 2 is 1.66 bits per heavy atom. The van der Waals surface area contributed by atoms with E-state index in [2.05, 4.69) is 0 Å². The van der Waals surface area contributed by atoms with E-state index in [0.717, 1.165) is 36.8 Å². The molecular weight excluding hydrogens is 449 g/mol. The molecule has 2 nitrogen and oxygen atoms in total. The van der Waals surface area contributed by atoms with Gasteiger partial charge in [-0.2, -0.15) is 4.39 Å². The van der Waals surface area contributed by atoms with Crippen molar-refractivity contribution >= 4 is 0 Å². The Labute approximate surface area is 205 Å². The van der Waals surface area contributed by atoms with Gasteiger partial charge in [-0.1, -0.05) is 61.9 Å². The molecule has 0 saturated carbocycles. The SMILES string of the molecule is CC=CC1CCC(c2ccc(-c3ccc(-c4ccc(OCCCC)c(F)c4F)cc3)cc2F)CO1. The highest BCUT2D eigenvalue weighted by atomic mass is 19.2. The van der Waals surface area contributed by atoms with Crippen LogP contribution in [0.4, 0.5) is 13.2 Å². The number of unbranched alkanes of at least 4 members (excludes halogenated alkanes) is 1. The number of rotatable bonds is 8. The van der Waals surface area contributed by atoms with Crippen LogP contribution in [0.1, 0.15) is 51.0 Å². The lowest BCUT2D eigenvalue weighted by Crippen LogP contribution is -2.23. The molecular formula is C30H31F3O2. The monoisotopic (exact) mass is 480 g/mol. The highest BCUT2D eigenvalue weighted by Crippen LogP contribution is 2.34. The van der Waals surface area contributed by atoms with E-state index in [4.69, 9.17) is 9.47 Å². The molecule has 1 aliphatic heterocycles. The topological polar surface area (TPSA) is 18.5 Å². The van der Waals surface area contributed by atoms with E-state index in [0.29, 0.717) is 24.3 Å². The predicted octanol–water partition coefficient (Wildman–Crippen LogP) is 8.46. The minimum atomic E-state index is -0.982. The molecule has 3 aromatic carbocycles. The van der Waals surface area contributed by atoms with Crippen molar-refractivity contribution in [2.24, 2.45) is 0 Å². The fourth-order valence-electron chi connectivity index (χ4n) is 4.46. The van der Waals surface area contributed by atoms with Crippen LogP contribution in [0.2, 0.25) is 0 Å². The molecule has 1 heterocycles. The van der Waals surface area contributed by atoms with Gasteiger partial charge >= 0.3 is 0 Å². The molecule has 1 aliphatic rings. The van der Waals surface area contributed by atoms with Gasteiger partial charge in [0.15, 0.2) is 11.6 Å². The molecule has 0 spiro atoms. The van der Waals surface area contributed by atoms with Gasteiger partial charge in [-0.05, 0) is 66.6 Å². The minimum absolute atomic E-state index is 0.0414. The first-order valence-electron chi connectivity index (χ1n) is 12.3. The number of ether oxygens (including phenoxy) is 2. The third kappa shape index (κ3) is 5.79. The maximum atomic E-state index is 15.0. The fourth-order valence-corrected chi connectivity index (χ4v) is 4.46. The molecule has 0 N–H and O–H groups in total. The van der Waals surface area contributed by atoms with Crippen molar-refractivity contribution in [3.63, 3.8) is 0 Å². The average Bonchev–Trinajstić information content (AvgIpc) is 2.88. The molecule has 0 radical (unpaired) electrons. The van der Waals surface area contributed by atoms with Crippen molar-refractivity contribution in [2.45, 2.75) is 51.6 Å². The second kappa shape index (κ2) is 11.6. The summed E-state index contributed by atoms with van der Waals surface area (Å²) in [6.07, 6.45) is 7.57. The molecule has 1 saturated heterocycles. The number of hydrogen-bond acceptors (Lipinski definition) is 2. The van der Waals surface area contributed by atoms with Gasteiger partial charge in [-0.25, -0.2) is 8.78 Å². The standard InChI is InChI=1S/C30H31F3O2/c1-3-5-17-34-28-16-15-26(29(32)30(28)33)21-9-7-20(8-10-21)22-12-14-25(27(31)18-22)23-11-13-24(6-4-2)35-19-23/h4,6-10,12,14-16,18,23-24H,3,5,11,13,17,19H2,1-2H3. The van der Waals surface area contributed by atoms with Crippen molar-refractivity contribution in [1.29, 1.82) is 0 Å². The van der Waals surface area contributed by atoms with E-state index in [1.165, 1.54) is 18.2 Å². The number of halogens is 3. The second-order valence-corrected chi connectivity index (χ2v) is 8.93. The smallest absolute Gasteiger partial charge is 0.201 e. The van der Waals surface area contributed by atoms with Crippen LogP contribution in [0, 0.1) is 17.5 Å². The Bertz CT molecular complexity index is 1160. The van der Waals surface area contributed by atoms with E-state index in [1.54, 1.807) is 24.3 Å². The summed E-state index contributed by atoms with van der Waals surface area (Å²) in [5.74, 6) is -2.21. The van der Waals surface area contributed by atoms with Crippen molar-refractivity contribution in [2.75, 3.05) is 13.2 Å². The van der Waals surface area contributed by atoms with Gasteiger partial charge in [-0.15, -0.1) is 0 Å². The van der Waals surface area contributed by atoms with E-state index in [1.807, 2.05) is 38.1 Å². The van der Waals surface area contributed by atoms with Crippen molar-refractivity contribution < 1.29 is 22.6 Å². The van der Waals surface area contributed by atoms with Gasteiger partial charge < -0.3 is 9.47 Å². The number of allylic oxidation sites excluding steroid dienone is 1. The zero-order valence-corrected chi connectivity index (χ0v) is 20.2. The highest BCUT2D eigenvalue weighted by molar-refractivity contribution is 5.71. The van der Waals surface area contributed by atoms with Gasteiger partial charge in [0.1, 0.15) is 5.82 Å². The molecule has 3 aromatic rings. The van der Waals surface area contributed by atoms with Crippen LogP contribution in [-0.2, 0) is 4.74 Å². The quantitative estimate of drug-likeness (QED) is 0.238. The van der Waals surface area contributed by atoms with Gasteiger partial charge in [0, 0.05) is 11.5 Å². The summed E-state index contributed by atoms with van der Waals surface area (Å²) in [5.41, 5.74) is 2.90. The Kier molecular flexibility index (Phi) is 8.29. The summed E-state index contributed by atoms with van der Waals surface area (Å²) in [6, 6.07) is 15.3. The molecule has 0 bridgehead atoms. The Balaban J connectivity index is 1.48. The summed E-state index contributed by atoms with van der Waals surface area (Å²) >= 11 is 0. The van der Waals surface area contributed by atoms with Crippen LogP contribution in [0.3, 0.4) is 0 Å². The van der Waals surface area contributed by atoms with Gasteiger partial charge in [-0.3, -0.25) is 0 Å². The first-order valence-corrected chi connectivity index (χ1v) is 12.3. The molecule has 0 aliphatic carbocycles. The molecule has 2 unspecified atom stereocenters. The molecule has 2 atom stereocenters. The zero-order valence-electron chi connectivity index (χ0n) is 20.2. The van der Waals surface area contributed by atoms with Gasteiger partial charge in [0.05, 0.1) is 19.3 Å². The summed E-state index contributed by atoms with van der Waals surface area (Å²) in [4.78, 5) is 0. The minimum Gasteiger partial charge on any atom is -0.490 e.